The summed E-state index contributed by atoms with van der Waals surface area (Å²) in [5.41, 5.74) is 7.82. The van der Waals surface area contributed by atoms with Gasteiger partial charge in [-0.1, -0.05) is 67.6 Å². The number of carbonyl (C=O) groups excluding carboxylic acids is 2. The highest BCUT2D eigenvalue weighted by Crippen LogP contribution is 2.48. The van der Waals surface area contributed by atoms with Gasteiger partial charge >= 0.3 is 0 Å². The number of thioether (sulfide) groups is 2. The van der Waals surface area contributed by atoms with Crippen LogP contribution in [0.1, 0.15) is 62.1 Å². The van der Waals surface area contributed by atoms with Crippen molar-refractivity contribution >= 4 is 97.2 Å². The van der Waals surface area contributed by atoms with Gasteiger partial charge < -0.3 is 10.2 Å². The van der Waals surface area contributed by atoms with Crippen LogP contribution in [0.15, 0.2) is 97.8 Å². The number of allylic oxidation sites excluding steroid dienone is 5. The average Bonchev–Trinajstić information content (AvgIpc) is 3.94. The molecule has 2 aliphatic rings. The van der Waals surface area contributed by atoms with E-state index in [0.29, 0.717) is 42.0 Å². The number of hydrogen-bond acceptors (Lipinski definition) is 11. The summed E-state index contributed by atoms with van der Waals surface area (Å²) < 4.78 is 12.3. The topological polar surface area (TPSA) is 127 Å². The summed E-state index contributed by atoms with van der Waals surface area (Å²) in [7, 11) is 0. The van der Waals surface area contributed by atoms with Gasteiger partial charge in [0.05, 0.1) is 22.4 Å². The van der Waals surface area contributed by atoms with Gasteiger partial charge in [-0.2, -0.15) is 18.6 Å². The SMILES string of the molecule is CCCCN1/C(=C/C2=C(C(=C=N)C#N)C(=C\c3sc4ccccc4[n+]3CCCCNC(=O)CCSc3cc(CC)c4nsnc4c3C)/C2=O)Sc2ccccc21. The van der Waals surface area contributed by atoms with E-state index in [1.165, 1.54) is 17.3 Å². The van der Waals surface area contributed by atoms with Crippen LogP contribution in [0.5, 0.6) is 0 Å². The third kappa shape index (κ3) is 8.03. The minimum Gasteiger partial charge on any atom is -0.356 e. The molecular formula is C43H42N7O2S4+. The number of ketones is 1. The summed E-state index contributed by atoms with van der Waals surface area (Å²) >= 11 is 6.15. The number of nitrogens with zero attached hydrogens (tertiary/aromatic N) is 5. The first-order chi connectivity index (χ1) is 27.4. The van der Waals surface area contributed by atoms with Crippen molar-refractivity contribution in [2.24, 2.45) is 0 Å². The summed E-state index contributed by atoms with van der Waals surface area (Å²) in [4.78, 5) is 31.3. The molecule has 7 rings (SSSR count). The van der Waals surface area contributed by atoms with Crippen molar-refractivity contribution in [3.63, 3.8) is 0 Å². The highest BCUT2D eigenvalue weighted by molar-refractivity contribution is 8.03. The number of aromatic nitrogens is 3. The zero-order valence-electron chi connectivity index (χ0n) is 31.6. The predicted molar refractivity (Wildman–Crippen MR) is 231 cm³/mol. The molecule has 9 nitrogen and oxygen atoms in total. The summed E-state index contributed by atoms with van der Waals surface area (Å²) in [5.74, 6) is 2.88. The first kappa shape index (κ1) is 39.4. The van der Waals surface area contributed by atoms with E-state index in [1.54, 1.807) is 34.9 Å². The van der Waals surface area contributed by atoms with Gasteiger partial charge in [-0.05, 0) is 73.5 Å². The van der Waals surface area contributed by atoms with Crippen LogP contribution in [0.3, 0.4) is 0 Å². The number of nitriles is 1. The normalized spacial score (nSPS) is 15.1. The zero-order chi connectivity index (χ0) is 39.2. The van der Waals surface area contributed by atoms with Crippen LogP contribution >= 0.6 is 46.6 Å². The summed E-state index contributed by atoms with van der Waals surface area (Å²) in [6, 6.07) is 20.7. The summed E-state index contributed by atoms with van der Waals surface area (Å²) in [5, 5.41) is 22.9. The molecule has 0 bridgehead atoms. The molecule has 13 heteroatoms. The fourth-order valence-electron chi connectivity index (χ4n) is 6.97. The second-order valence-corrected chi connectivity index (χ2v) is 17.3. The number of fused-ring (bicyclic) bond motifs is 3. The fourth-order valence-corrected chi connectivity index (χ4v) is 10.9. The second kappa shape index (κ2) is 18.0. The number of thiazole rings is 1. The van der Waals surface area contributed by atoms with E-state index in [9.17, 15) is 14.9 Å². The summed E-state index contributed by atoms with van der Waals surface area (Å²) in [6.07, 6.45) is 8.74. The molecule has 1 aliphatic carbocycles. The molecule has 0 radical (unpaired) electrons. The Hall–Kier alpha value is -4.83. The van der Waals surface area contributed by atoms with Gasteiger partial charge in [0, 0.05) is 70.3 Å². The fraction of sp³-hybridized carbons (Fsp3) is 0.302. The Balaban J connectivity index is 1.03. The van der Waals surface area contributed by atoms with Gasteiger partial charge in [-0.15, -0.1) is 11.8 Å². The molecule has 0 unspecified atom stereocenters. The number of anilines is 1. The Morgan fingerprint density at radius 3 is 2.68 bits per heavy atom. The van der Waals surface area contributed by atoms with Crippen molar-refractivity contribution in [1.29, 1.82) is 10.7 Å². The van der Waals surface area contributed by atoms with Crippen LogP contribution in [0.25, 0.3) is 27.3 Å². The van der Waals surface area contributed by atoms with Gasteiger partial charge in [0.2, 0.25) is 11.4 Å². The largest absolute Gasteiger partial charge is 0.356 e. The number of rotatable bonds is 16. The zero-order valence-corrected chi connectivity index (χ0v) is 34.9. The van der Waals surface area contributed by atoms with Crippen molar-refractivity contribution in [2.75, 3.05) is 23.7 Å². The van der Waals surface area contributed by atoms with Gasteiger partial charge in [-0.25, -0.2) is 0 Å². The van der Waals surface area contributed by atoms with Gasteiger partial charge in [0.15, 0.2) is 12.3 Å². The van der Waals surface area contributed by atoms with E-state index in [2.05, 4.69) is 86.6 Å². The minimum absolute atomic E-state index is 0.0378. The molecule has 0 spiro atoms. The van der Waals surface area contributed by atoms with E-state index >= 15 is 0 Å². The number of carbonyl (C=O) groups is 2. The number of hydrogen-bond donors (Lipinski definition) is 2. The Morgan fingerprint density at radius 2 is 1.88 bits per heavy atom. The number of unbranched alkanes of at least 4 members (excludes halogenated alkanes) is 2. The molecule has 0 atom stereocenters. The molecule has 284 valence electrons. The third-order valence-corrected chi connectivity index (χ3v) is 13.9. The van der Waals surface area contributed by atoms with Crippen molar-refractivity contribution in [2.45, 2.75) is 75.6 Å². The van der Waals surface area contributed by atoms with Crippen LogP contribution < -0.4 is 14.8 Å². The standard InChI is InChI=1S/C43H41N7O2S4/c1-4-6-19-49-32-13-7-9-15-34(32)54-38(49)23-30-40(29(25-44)26-45)31(43(30)52)24-39-50(33-14-8-10-16-35(33)55-39)20-12-11-18-46-37(51)17-21-53-36-22-28(5-2)42-41(27(36)3)47-56-48-42/h7-10,13-16,22-24,44H,4-6,11-12,17-21H2,1-3H3/p+1. The Labute approximate surface area is 343 Å². The Bertz CT molecular complexity index is 2530. The van der Waals surface area contributed by atoms with Crippen LogP contribution in [-0.2, 0) is 22.6 Å². The highest BCUT2D eigenvalue weighted by atomic mass is 32.2. The number of Topliss-reactive ketones (excluding diaryl/α,β-unsaturated/α-hetero) is 1. The lowest BCUT2D eigenvalue weighted by Crippen LogP contribution is -2.36. The molecule has 56 heavy (non-hydrogen) atoms. The number of benzene rings is 3. The lowest BCUT2D eigenvalue weighted by atomic mass is 9.77. The maximum atomic E-state index is 14.0. The number of amides is 1. The smallest absolute Gasteiger partial charge is 0.263 e. The van der Waals surface area contributed by atoms with Crippen LogP contribution in [0, 0.1) is 23.7 Å². The first-order valence-corrected chi connectivity index (χ1v) is 22.2. The maximum Gasteiger partial charge on any atom is 0.263 e. The quantitative estimate of drug-likeness (QED) is 0.0252. The molecule has 2 N–H and O–H groups in total. The molecular weight excluding hydrogens is 775 g/mol. The van der Waals surface area contributed by atoms with Crippen molar-refractivity contribution in [3.8, 4) is 6.07 Å². The Morgan fingerprint density at radius 1 is 1.07 bits per heavy atom. The molecule has 0 fully saturated rings. The van der Waals surface area contributed by atoms with Gasteiger partial charge in [0.25, 0.3) is 5.01 Å². The van der Waals surface area contributed by atoms with E-state index in [1.807, 2.05) is 36.4 Å². The van der Waals surface area contributed by atoms with E-state index < -0.39 is 0 Å². The third-order valence-electron chi connectivity index (χ3n) is 9.98. The lowest BCUT2D eigenvalue weighted by molar-refractivity contribution is -0.669. The maximum absolute atomic E-state index is 14.0. The monoisotopic (exact) mass is 816 g/mol. The molecule has 3 aromatic carbocycles. The molecule has 0 saturated heterocycles. The predicted octanol–water partition coefficient (Wildman–Crippen LogP) is 9.36. The molecule has 2 aromatic heterocycles. The lowest BCUT2D eigenvalue weighted by Gasteiger charge is -2.25. The molecule has 3 heterocycles. The molecule has 5 aromatic rings. The highest BCUT2D eigenvalue weighted by Gasteiger charge is 2.38. The number of nitrogens with one attached hydrogen (secondary N) is 2. The number of para-hydroxylation sites is 2. The summed E-state index contributed by atoms with van der Waals surface area (Å²) in [6.45, 7) is 8.45. The van der Waals surface area contributed by atoms with E-state index in [0.717, 1.165) is 91.0 Å². The first-order valence-electron chi connectivity index (χ1n) is 18.9. The van der Waals surface area contributed by atoms with E-state index in [4.69, 9.17) is 5.41 Å². The van der Waals surface area contributed by atoms with Crippen LogP contribution in [0.2, 0.25) is 0 Å². The number of aryl methyl sites for hydroxylation is 3. The van der Waals surface area contributed by atoms with Gasteiger partial charge in [-0.3, -0.25) is 15.0 Å². The minimum atomic E-state index is -0.144. The van der Waals surface area contributed by atoms with Crippen molar-refractivity contribution in [1.82, 2.24) is 14.1 Å². The van der Waals surface area contributed by atoms with Crippen molar-refractivity contribution < 1.29 is 14.2 Å². The molecule has 1 amide bonds. The second-order valence-electron chi connectivity index (χ2n) is 13.5. The molecule has 0 saturated carbocycles. The van der Waals surface area contributed by atoms with Crippen LogP contribution in [0.4, 0.5) is 5.69 Å². The average molecular weight is 817 g/mol. The van der Waals surface area contributed by atoms with E-state index in [-0.39, 0.29) is 17.3 Å². The Kier molecular flexibility index (Phi) is 12.6. The van der Waals surface area contributed by atoms with Crippen LogP contribution in [-0.4, -0.2) is 45.1 Å². The van der Waals surface area contributed by atoms with Gasteiger partial charge in [0.1, 0.15) is 27.4 Å². The van der Waals surface area contributed by atoms with Crippen molar-refractivity contribution in [3.05, 3.63) is 104 Å². The molecule has 1 aliphatic heterocycles.